The summed E-state index contributed by atoms with van der Waals surface area (Å²) in [5, 5.41) is 17.8. The first-order valence-corrected chi connectivity index (χ1v) is 11.5. The average Bonchev–Trinajstić information content (AvgIpc) is 3.28. The number of carbonyl (C=O) groups is 1. The van der Waals surface area contributed by atoms with Crippen molar-refractivity contribution in [2.24, 2.45) is 5.92 Å². The molecule has 1 unspecified atom stereocenters. The molecular weight excluding hydrogens is 437 g/mol. The summed E-state index contributed by atoms with van der Waals surface area (Å²) in [6, 6.07) is 12.8. The van der Waals surface area contributed by atoms with Gasteiger partial charge in [0.15, 0.2) is 0 Å². The smallest absolute Gasteiger partial charge is 0.320 e. The molecule has 2 aromatic carbocycles. The monoisotopic (exact) mass is 467 g/mol. The van der Waals surface area contributed by atoms with Crippen molar-refractivity contribution in [2.45, 2.75) is 44.7 Å². The lowest BCUT2D eigenvalue weighted by Gasteiger charge is -2.27. The first kappa shape index (κ1) is 23.8. The summed E-state index contributed by atoms with van der Waals surface area (Å²) in [5.41, 5.74) is 2.73. The summed E-state index contributed by atoms with van der Waals surface area (Å²) in [4.78, 5) is 12.0. The van der Waals surface area contributed by atoms with Gasteiger partial charge in [0.05, 0.1) is 36.9 Å². The average molecular weight is 468 g/mol. The molecule has 0 spiro atoms. The van der Waals surface area contributed by atoms with Gasteiger partial charge in [-0.15, -0.1) is 0 Å². The van der Waals surface area contributed by atoms with E-state index < -0.39 is 12.0 Å². The summed E-state index contributed by atoms with van der Waals surface area (Å²) in [6.07, 6.45) is 5.12. The highest BCUT2D eigenvalue weighted by atomic mass is 19.1. The van der Waals surface area contributed by atoms with E-state index in [1.165, 1.54) is 12.1 Å². The van der Waals surface area contributed by atoms with Crippen molar-refractivity contribution in [1.82, 2.24) is 15.1 Å². The number of nitrogens with one attached hydrogen (secondary N) is 1. The maximum atomic E-state index is 13.6. The second-order valence-electron chi connectivity index (χ2n) is 8.54. The molecule has 1 aliphatic carbocycles. The van der Waals surface area contributed by atoms with Gasteiger partial charge >= 0.3 is 5.97 Å². The molecule has 2 N–H and O–H groups in total. The normalized spacial score (nSPS) is 15.1. The van der Waals surface area contributed by atoms with Crippen LogP contribution in [0.3, 0.4) is 0 Å². The number of hydrogen-bond acceptors (Lipinski definition) is 5. The third-order valence-corrected chi connectivity index (χ3v) is 6.41. The Balaban J connectivity index is 1.72. The first-order chi connectivity index (χ1) is 16.5. The van der Waals surface area contributed by atoms with E-state index in [2.05, 4.69) is 5.32 Å². The number of benzene rings is 2. The van der Waals surface area contributed by atoms with Gasteiger partial charge in [-0.1, -0.05) is 25.3 Å². The Morgan fingerprint density at radius 3 is 2.35 bits per heavy atom. The predicted molar refractivity (Wildman–Crippen MR) is 127 cm³/mol. The molecule has 1 aliphatic rings. The molecule has 34 heavy (non-hydrogen) atoms. The Labute approximate surface area is 198 Å². The molecule has 1 saturated carbocycles. The van der Waals surface area contributed by atoms with Crippen LogP contribution in [0.5, 0.6) is 11.5 Å². The Hall–Kier alpha value is -3.39. The van der Waals surface area contributed by atoms with E-state index in [0.29, 0.717) is 34.1 Å². The topological polar surface area (TPSA) is 85.6 Å². The van der Waals surface area contributed by atoms with E-state index in [9.17, 15) is 14.3 Å². The third kappa shape index (κ3) is 5.07. The van der Waals surface area contributed by atoms with Gasteiger partial charge in [0.2, 0.25) is 0 Å². The van der Waals surface area contributed by atoms with E-state index in [1.807, 2.05) is 24.3 Å². The van der Waals surface area contributed by atoms with Crippen LogP contribution in [-0.2, 0) is 11.3 Å². The number of aromatic nitrogens is 2. The van der Waals surface area contributed by atoms with Crippen LogP contribution < -0.4 is 14.8 Å². The lowest BCUT2D eigenvalue weighted by Crippen LogP contribution is -2.43. The second kappa shape index (κ2) is 10.7. The van der Waals surface area contributed by atoms with Gasteiger partial charge in [0.1, 0.15) is 23.4 Å². The van der Waals surface area contributed by atoms with Crippen LogP contribution >= 0.6 is 0 Å². The molecule has 180 valence electrons. The molecule has 3 aromatic rings. The Morgan fingerprint density at radius 1 is 1.12 bits per heavy atom. The molecule has 0 amide bonds. The van der Waals surface area contributed by atoms with E-state index in [0.717, 1.165) is 32.1 Å². The van der Waals surface area contributed by atoms with E-state index in [1.54, 1.807) is 31.0 Å². The number of carboxylic acid groups (broad SMARTS) is 1. The van der Waals surface area contributed by atoms with Crippen molar-refractivity contribution in [3.8, 4) is 28.4 Å². The summed E-state index contributed by atoms with van der Waals surface area (Å²) in [7, 11) is 3.17. The Kier molecular flexibility index (Phi) is 7.47. The highest BCUT2D eigenvalue weighted by Crippen LogP contribution is 2.39. The van der Waals surface area contributed by atoms with E-state index in [-0.39, 0.29) is 18.3 Å². The maximum Gasteiger partial charge on any atom is 0.320 e. The number of hydrogen-bond donors (Lipinski definition) is 2. The fourth-order valence-electron chi connectivity index (χ4n) is 4.72. The van der Waals surface area contributed by atoms with Gasteiger partial charge in [-0.25, -0.2) is 9.07 Å². The lowest BCUT2D eigenvalue weighted by molar-refractivity contribution is -0.141. The van der Waals surface area contributed by atoms with Crippen molar-refractivity contribution in [3.63, 3.8) is 0 Å². The predicted octanol–water partition coefficient (Wildman–Crippen LogP) is 4.82. The molecule has 1 heterocycles. The number of halogens is 1. The molecule has 0 aliphatic heterocycles. The van der Waals surface area contributed by atoms with Gasteiger partial charge in [-0.05, 0) is 61.2 Å². The number of ether oxygens (including phenoxy) is 2. The summed E-state index contributed by atoms with van der Waals surface area (Å²) >= 11 is 0. The number of aliphatic carboxylic acids is 1. The molecule has 1 atom stereocenters. The zero-order valence-electron chi connectivity index (χ0n) is 19.5. The van der Waals surface area contributed by atoms with Crippen LogP contribution in [0.4, 0.5) is 4.39 Å². The fourth-order valence-corrected chi connectivity index (χ4v) is 4.72. The van der Waals surface area contributed by atoms with Crippen LogP contribution in [0, 0.1) is 11.7 Å². The van der Waals surface area contributed by atoms with Crippen LogP contribution in [0.2, 0.25) is 0 Å². The number of rotatable bonds is 9. The fraction of sp³-hybridized carbons (Fsp3) is 0.385. The summed E-state index contributed by atoms with van der Waals surface area (Å²) in [5.74, 6) is 0.141. The standard InChI is InChI=1S/C26H30FN3O4/c1-33-22-9-6-10-23(34-2)24(22)21-15-19(29-30(21)20-13-11-18(27)12-14-20)16-28-25(26(31)32)17-7-4-3-5-8-17/h6,9-15,17,25,28H,3-5,7-8,16H2,1-2H3,(H,31,32). The van der Waals surface area contributed by atoms with Crippen molar-refractivity contribution < 1.29 is 23.8 Å². The zero-order valence-corrected chi connectivity index (χ0v) is 19.5. The van der Waals surface area contributed by atoms with Gasteiger partial charge in [-0.3, -0.25) is 10.1 Å². The molecule has 0 saturated heterocycles. The quantitative estimate of drug-likeness (QED) is 0.469. The Morgan fingerprint density at radius 2 is 1.76 bits per heavy atom. The summed E-state index contributed by atoms with van der Waals surface area (Å²) < 4.78 is 26.5. The minimum absolute atomic E-state index is 0.110. The van der Waals surface area contributed by atoms with Crippen molar-refractivity contribution in [1.29, 1.82) is 0 Å². The molecule has 1 fully saturated rings. The van der Waals surface area contributed by atoms with Gasteiger partial charge in [0.25, 0.3) is 0 Å². The van der Waals surface area contributed by atoms with E-state index in [4.69, 9.17) is 14.6 Å². The van der Waals surface area contributed by atoms with Gasteiger partial charge in [0, 0.05) is 6.54 Å². The largest absolute Gasteiger partial charge is 0.496 e. The number of nitrogens with zero attached hydrogens (tertiary/aromatic N) is 2. The van der Waals surface area contributed by atoms with Crippen LogP contribution in [0.25, 0.3) is 16.9 Å². The van der Waals surface area contributed by atoms with Crippen molar-refractivity contribution >= 4 is 5.97 Å². The molecule has 0 radical (unpaired) electrons. The highest BCUT2D eigenvalue weighted by Gasteiger charge is 2.29. The van der Waals surface area contributed by atoms with Gasteiger partial charge in [-0.2, -0.15) is 5.10 Å². The lowest BCUT2D eigenvalue weighted by atomic mass is 9.84. The SMILES string of the molecule is COc1cccc(OC)c1-c1cc(CNC(C(=O)O)C2CCCCC2)nn1-c1ccc(F)cc1. The van der Waals surface area contributed by atoms with E-state index >= 15 is 0 Å². The molecule has 0 bridgehead atoms. The molecular formula is C26H30FN3O4. The number of methoxy groups -OCH3 is 2. The first-order valence-electron chi connectivity index (χ1n) is 11.5. The zero-order chi connectivity index (χ0) is 24.1. The molecule has 8 heteroatoms. The maximum absolute atomic E-state index is 13.6. The molecule has 7 nitrogen and oxygen atoms in total. The van der Waals surface area contributed by atoms with Crippen LogP contribution in [-0.4, -0.2) is 41.1 Å². The summed E-state index contributed by atoms with van der Waals surface area (Å²) in [6.45, 7) is 0.284. The number of carboxylic acids is 1. The van der Waals surface area contributed by atoms with Gasteiger partial charge < -0.3 is 14.6 Å². The van der Waals surface area contributed by atoms with Crippen LogP contribution in [0.15, 0.2) is 48.5 Å². The minimum atomic E-state index is -0.837. The Bertz CT molecular complexity index is 1100. The van der Waals surface area contributed by atoms with Crippen molar-refractivity contribution in [3.05, 3.63) is 60.0 Å². The van der Waals surface area contributed by atoms with Crippen molar-refractivity contribution in [2.75, 3.05) is 14.2 Å². The molecule has 4 rings (SSSR count). The minimum Gasteiger partial charge on any atom is -0.496 e. The second-order valence-corrected chi connectivity index (χ2v) is 8.54. The molecule has 1 aromatic heterocycles. The third-order valence-electron chi connectivity index (χ3n) is 6.41. The highest BCUT2D eigenvalue weighted by molar-refractivity contribution is 5.76. The van der Waals surface area contributed by atoms with Crippen LogP contribution in [0.1, 0.15) is 37.8 Å².